The molecular formula is C16H28N4O. The molecule has 5 heteroatoms. The first-order chi connectivity index (χ1) is 10.0. The lowest BCUT2D eigenvalue weighted by Crippen LogP contribution is -2.49. The van der Waals surface area contributed by atoms with Crippen LogP contribution in [0.3, 0.4) is 0 Å². The second kappa shape index (κ2) is 6.05. The molecule has 0 bridgehead atoms. The molecule has 2 aliphatic rings. The molecule has 0 N–H and O–H groups in total. The van der Waals surface area contributed by atoms with E-state index in [1.165, 1.54) is 38.8 Å². The molecule has 0 atom stereocenters. The number of aromatic nitrogens is 2. The van der Waals surface area contributed by atoms with Gasteiger partial charge in [0.15, 0.2) is 0 Å². The Morgan fingerprint density at radius 1 is 1.05 bits per heavy atom. The van der Waals surface area contributed by atoms with Gasteiger partial charge >= 0.3 is 0 Å². The molecule has 1 aliphatic heterocycles. The maximum atomic E-state index is 5.80. The summed E-state index contributed by atoms with van der Waals surface area (Å²) in [5, 5.41) is 8.38. The van der Waals surface area contributed by atoms with Gasteiger partial charge < -0.3 is 4.42 Å². The molecule has 1 aliphatic carbocycles. The average molecular weight is 292 g/mol. The Morgan fingerprint density at radius 2 is 1.71 bits per heavy atom. The van der Waals surface area contributed by atoms with Crippen molar-refractivity contribution in [2.75, 3.05) is 26.2 Å². The molecule has 1 aromatic heterocycles. The van der Waals surface area contributed by atoms with Gasteiger partial charge in [0.25, 0.3) is 0 Å². The lowest BCUT2D eigenvalue weighted by Gasteiger charge is -2.37. The molecule has 0 unspecified atom stereocenters. The van der Waals surface area contributed by atoms with Crippen LogP contribution >= 0.6 is 0 Å². The number of piperazine rings is 1. The quantitative estimate of drug-likeness (QED) is 0.856. The first-order valence-electron chi connectivity index (χ1n) is 8.31. The fraction of sp³-hybridized carbons (Fsp3) is 0.875. The van der Waals surface area contributed by atoms with Gasteiger partial charge in [-0.2, -0.15) is 0 Å². The zero-order valence-electron chi connectivity index (χ0n) is 13.6. The summed E-state index contributed by atoms with van der Waals surface area (Å²) in [6.45, 7) is 11.7. The monoisotopic (exact) mass is 292 g/mol. The van der Waals surface area contributed by atoms with Gasteiger partial charge in [0, 0.05) is 37.6 Å². The van der Waals surface area contributed by atoms with Gasteiger partial charge in [-0.15, -0.1) is 10.2 Å². The van der Waals surface area contributed by atoms with Crippen LogP contribution in [-0.2, 0) is 12.0 Å². The molecule has 1 saturated carbocycles. The van der Waals surface area contributed by atoms with Crippen LogP contribution in [0.1, 0.15) is 58.2 Å². The highest BCUT2D eigenvalue weighted by atomic mass is 16.4. The second-order valence-electron chi connectivity index (χ2n) is 7.50. The predicted octanol–water partition coefficient (Wildman–Crippen LogP) is 2.43. The summed E-state index contributed by atoms with van der Waals surface area (Å²) in [6.07, 6.45) is 5.64. The SMILES string of the molecule is CC(C)(C)c1nnc(CN2CCN(C3CCCC3)CC2)o1. The number of nitrogens with zero attached hydrogens (tertiary/aromatic N) is 4. The van der Waals surface area contributed by atoms with Crippen LogP contribution in [0.15, 0.2) is 4.42 Å². The molecule has 21 heavy (non-hydrogen) atoms. The van der Waals surface area contributed by atoms with Gasteiger partial charge in [0.2, 0.25) is 11.8 Å². The van der Waals surface area contributed by atoms with E-state index >= 15 is 0 Å². The number of rotatable bonds is 3. The summed E-state index contributed by atoms with van der Waals surface area (Å²) in [5.74, 6) is 1.50. The predicted molar refractivity (Wildman–Crippen MR) is 82.1 cm³/mol. The van der Waals surface area contributed by atoms with E-state index in [1.807, 2.05) is 0 Å². The minimum Gasteiger partial charge on any atom is -0.423 e. The molecule has 2 heterocycles. The fourth-order valence-electron chi connectivity index (χ4n) is 3.37. The summed E-state index contributed by atoms with van der Waals surface area (Å²) in [7, 11) is 0. The third-order valence-corrected chi connectivity index (χ3v) is 4.72. The molecule has 3 rings (SSSR count). The first kappa shape index (κ1) is 15.0. The smallest absolute Gasteiger partial charge is 0.230 e. The van der Waals surface area contributed by atoms with Crippen molar-refractivity contribution in [3.05, 3.63) is 11.8 Å². The molecule has 0 spiro atoms. The van der Waals surface area contributed by atoms with E-state index in [1.54, 1.807) is 0 Å². The summed E-state index contributed by atoms with van der Waals surface area (Å²) >= 11 is 0. The Balaban J connectivity index is 1.50. The molecule has 118 valence electrons. The van der Waals surface area contributed by atoms with Gasteiger partial charge in [-0.05, 0) is 12.8 Å². The molecule has 2 fully saturated rings. The van der Waals surface area contributed by atoms with E-state index in [-0.39, 0.29) is 5.41 Å². The minimum absolute atomic E-state index is 0.0631. The Bertz CT molecular complexity index is 451. The Morgan fingerprint density at radius 3 is 2.29 bits per heavy atom. The van der Waals surface area contributed by atoms with E-state index in [9.17, 15) is 0 Å². The summed E-state index contributed by atoms with van der Waals surface area (Å²) < 4.78 is 5.80. The Hall–Kier alpha value is -0.940. The highest BCUT2D eigenvalue weighted by molar-refractivity contribution is 4.96. The van der Waals surface area contributed by atoms with Crippen molar-refractivity contribution in [3.63, 3.8) is 0 Å². The van der Waals surface area contributed by atoms with Crippen LogP contribution in [0.2, 0.25) is 0 Å². The van der Waals surface area contributed by atoms with Crippen molar-refractivity contribution in [1.82, 2.24) is 20.0 Å². The maximum Gasteiger partial charge on any atom is 0.230 e. The molecule has 0 aromatic carbocycles. The van der Waals surface area contributed by atoms with Crippen LogP contribution in [0.4, 0.5) is 0 Å². The number of hydrogen-bond acceptors (Lipinski definition) is 5. The van der Waals surface area contributed by atoms with Crippen LogP contribution in [0.25, 0.3) is 0 Å². The van der Waals surface area contributed by atoms with E-state index in [0.29, 0.717) is 0 Å². The lowest BCUT2D eigenvalue weighted by molar-refractivity contribution is 0.0877. The van der Waals surface area contributed by atoms with Crippen LogP contribution in [0.5, 0.6) is 0 Å². The van der Waals surface area contributed by atoms with Gasteiger partial charge in [-0.25, -0.2) is 0 Å². The van der Waals surface area contributed by atoms with Crippen LogP contribution in [-0.4, -0.2) is 52.2 Å². The molecule has 1 saturated heterocycles. The molecular weight excluding hydrogens is 264 g/mol. The van der Waals surface area contributed by atoms with Gasteiger partial charge in [0.05, 0.1) is 6.54 Å². The van der Waals surface area contributed by atoms with Crippen LogP contribution < -0.4 is 0 Å². The van der Waals surface area contributed by atoms with E-state index in [0.717, 1.165) is 37.5 Å². The van der Waals surface area contributed by atoms with Crippen molar-refractivity contribution in [2.45, 2.75) is 64.5 Å². The van der Waals surface area contributed by atoms with Crippen LogP contribution in [0, 0.1) is 0 Å². The minimum atomic E-state index is -0.0631. The van der Waals surface area contributed by atoms with Crippen molar-refractivity contribution in [1.29, 1.82) is 0 Å². The average Bonchev–Trinajstić information content (AvgIpc) is 3.09. The van der Waals surface area contributed by atoms with E-state index in [2.05, 4.69) is 40.8 Å². The van der Waals surface area contributed by atoms with Crippen molar-refractivity contribution in [2.24, 2.45) is 0 Å². The van der Waals surface area contributed by atoms with E-state index < -0.39 is 0 Å². The Kier molecular flexibility index (Phi) is 4.31. The standard InChI is InChI=1S/C16H28N4O/c1-16(2,3)15-18-17-14(21-15)12-19-8-10-20(11-9-19)13-6-4-5-7-13/h13H,4-12H2,1-3H3. The van der Waals surface area contributed by atoms with Crippen molar-refractivity contribution < 1.29 is 4.42 Å². The van der Waals surface area contributed by atoms with E-state index in [4.69, 9.17) is 4.42 Å². The first-order valence-corrected chi connectivity index (χ1v) is 8.31. The summed E-state index contributed by atoms with van der Waals surface area (Å²) in [5.41, 5.74) is -0.0631. The second-order valence-corrected chi connectivity index (χ2v) is 7.50. The Labute approximate surface area is 127 Å². The highest BCUT2D eigenvalue weighted by Gasteiger charge is 2.27. The molecule has 5 nitrogen and oxygen atoms in total. The third kappa shape index (κ3) is 3.64. The lowest BCUT2D eigenvalue weighted by atomic mass is 9.97. The maximum absolute atomic E-state index is 5.80. The van der Waals surface area contributed by atoms with Gasteiger partial charge in [-0.3, -0.25) is 9.80 Å². The highest BCUT2D eigenvalue weighted by Crippen LogP contribution is 2.25. The topological polar surface area (TPSA) is 45.4 Å². The molecule has 1 aromatic rings. The van der Waals surface area contributed by atoms with Gasteiger partial charge in [0.1, 0.15) is 0 Å². The normalized spacial score (nSPS) is 23.0. The van der Waals surface area contributed by atoms with Crippen molar-refractivity contribution >= 4 is 0 Å². The zero-order chi connectivity index (χ0) is 14.9. The summed E-state index contributed by atoms with van der Waals surface area (Å²) in [4.78, 5) is 5.11. The molecule has 0 amide bonds. The summed E-state index contributed by atoms with van der Waals surface area (Å²) in [6, 6.07) is 0.850. The van der Waals surface area contributed by atoms with Crippen molar-refractivity contribution in [3.8, 4) is 0 Å². The fourth-order valence-corrected chi connectivity index (χ4v) is 3.37. The third-order valence-electron chi connectivity index (χ3n) is 4.72. The number of hydrogen-bond donors (Lipinski definition) is 0. The zero-order valence-corrected chi connectivity index (χ0v) is 13.6. The van der Waals surface area contributed by atoms with Gasteiger partial charge in [-0.1, -0.05) is 33.6 Å². The molecule has 0 radical (unpaired) electrons. The largest absolute Gasteiger partial charge is 0.423 e.